The monoisotopic (exact) mass is 329 g/mol. The van der Waals surface area contributed by atoms with Gasteiger partial charge in [-0.2, -0.15) is 5.10 Å². The van der Waals surface area contributed by atoms with Crippen molar-refractivity contribution in [3.8, 4) is 16.3 Å². The molecule has 5 heteroatoms. The largest absolute Gasteiger partial charge is 0.369 e. The van der Waals surface area contributed by atoms with Crippen LogP contribution >= 0.6 is 22.9 Å². The molecule has 2 aromatic heterocycles. The third kappa shape index (κ3) is 2.14. The zero-order valence-electron chi connectivity index (χ0n) is 12.5. The second-order valence-electron chi connectivity index (χ2n) is 5.66. The summed E-state index contributed by atoms with van der Waals surface area (Å²) in [5.74, 6) is 1.12. The smallest absolute Gasteiger partial charge is 0.133 e. The molecule has 4 rings (SSSR count). The Hall–Kier alpha value is -1.78. The Bertz CT molecular complexity index is 863. The summed E-state index contributed by atoms with van der Waals surface area (Å²) in [7, 11) is 0. The van der Waals surface area contributed by atoms with Crippen LogP contribution in [-0.4, -0.2) is 16.3 Å². The molecule has 0 fully saturated rings. The molecule has 0 unspecified atom stereocenters. The van der Waals surface area contributed by atoms with Gasteiger partial charge in [-0.3, -0.25) is 0 Å². The highest BCUT2D eigenvalue weighted by molar-refractivity contribution is 7.19. The van der Waals surface area contributed by atoms with E-state index in [4.69, 9.17) is 16.7 Å². The summed E-state index contributed by atoms with van der Waals surface area (Å²) in [5.41, 5.74) is 5.97. The third-order valence-electron chi connectivity index (χ3n) is 4.04. The highest BCUT2D eigenvalue weighted by atomic mass is 35.5. The van der Waals surface area contributed by atoms with Crippen LogP contribution in [0.5, 0.6) is 0 Å². The lowest BCUT2D eigenvalue weighted by Crippen LogP contribution is -2.05. The van der Waals surface area contributed by atoms with Crippen molar-refractivity contribution >= 4 is 28.8 Å². The van der Waals surface area contributed by atoms with Crippen molar-refractivity contribution in [2.45, 2.75) is 20.3 Å². The number of halogens is 1. The summed E-state index contributed by atoms with van der Waals surface area (Å²) in [6, 6.07) is 10.5. The molecule has 0 spiro atoms. The van der Waals surface area contributed by atoms with Gasteiger partial charge in [0.15, 0.2) is 0 Å². The van der Waals surface area contributed by atoms with E-state index in [-0.39, 0.29) is 0 Å². The molecule has 112 valence electrons. The van der Waals surface area contributed by atoms with E-state index in [9.17, 15) is 0 Å². The molecule has 1 aliphatic heterocycles. The van der Waals surface area contributed by atoms with E-state index < -0.39 is 0 Å². The topological polar surface area (TPSA) is 29.9 Å². The molecule has 3 nitrogen and oxygen atoms in total. The maximum absolute atomic E-state index is 6.10. The molecule has 0 saturated carbocycles. The lowest BCUT2D eigenvalue weighted by atomic mass is 10.1. The number of anilines is 1. The van der Waals surface area contributed by atoms with Crippen LogP contribution in [0.15, 0.2) is 30.3 Å². The van der Waals surface area contributed by atoms with Crippen molar-refractivity contribution in [2.24, 2.45) is 0 Å². The summed E-state index contributed by atoms with van der Waals surface area (Å²) < 4.78 is 2.84. The van der Waals surface area contributed by atoms with Crippen LogP contribution in [0.1, 0.15) is 16.7 Å². The van der Waals surface area contributed by atoms with Crippen molar-refractivity contribution in [3.63, 3.8) is 0 Å². The first kappa shape index (κ1) is 13.9. The molecule has 0 radical (unpaired) electrons. The number of aromatic nitrogens is 2. The number of fused-ring (bicyclic) bond motifs is 1. The first-order valence-corrected chi connectivity index (χ1v) is 8.52. The number of aryl methyl sites for hydroxylation is 2. The number of hydrogen-bond acceptors (Lipinski definition) is 3. The lowest BCUT2D eigenvalue weighted by molar-refractivity contribution is 0.875. The molecule has 0 saturated heterocycles. The quantitative estimate of drug-likeness (QED) is 0.729. The van der Waals surface area contributed by atoms with E-state index in [0.29, 0.717) is 0 Å². The van der Waals surface area contributed by atoms with Crippen LogP contribution in [-0.2, 0) is 6.42 Å². The average molecular weight is 330 g/mol. The normalized spacial score (nSPS) is 13.2. The summed E-state index contributed by atoms with van der Waals surface area (Å²) in [6.45, 7) is 5.21. The maximum atomic E-state index is 6.10. The van der Waals surface area contributed by atoms with Gasteiger partial charge in [-0.1, -0.05) is 29.3 Å². The fourth-order valence-electron chi connectivity index (χ4n) is 3.03. The van der Waals surface area contributed by atoms with Gasteiger partial charge in [0.25, 0.3) is 0 Å². The predicted octanol–water partition coefficient (Wildman–Crippen LogP) is 4.84. The third-order valence-corrected chi connectivity index (χ3v) is 5.28. The van der Waals surface area contributed by atoms with Crippen LogP contribution < -0.4 is 5.32 Å². The van der Waals surface area contributed by atoms with Gasteiger partial charge in [-0.15, -0.1) is 11.3 Å². The van der Waals surface area contributed by atoms with Crippen LogP contribution in [0.25, 0.3) is 16.3 Å². The van der Waals surface area contributed by atoms with Gasteiger partial charge < -0.3 is 5.32 Å². The summed E-state index contributed by atoms with van der Waals surface area (Å²) in [6.07, 6.45) is 1.01. The second-order valence-corrected chi connectivity index (χ2v) is 7.37. The summed E-state index contributed by atoms with van der Waals surface area (Å²) >= 11 is 7.68. The number of rotatable bonds is 2. The molecule has 3 aromatic rings. The van der Waals surface area contributed by atoms with E-state index in [1.807, 2.05) is 10.7 Å². The Balaban J connectivity index is 1.91. The standard InChI is InChI=1S/C17H16ClN3S/c1-10-3-4-13(11(2)9-10)21-17-12(7-8-19-17)16(20-21)14-5-6-15(18)22-14/h3-6,9,19H,7-8H2,1-2H3. The molecule has 3 heterocycles. The van der Waals surface area contributed by atoms with E-state index in [1.54, 1.807) is 11.3 Å². The van der Waals surface area contributed by atoms with E-state index in [0.717, 1.165) is 39.4 Å². The van der Waals surface area contributed by atoms with Crippen molar-refractivity contribution < 1.29 is 0 Å². The predicted molar refractivity (Wildman–Crippen MR) is 93.6 cm³/mol. The van der Waals surface area contributed by atoms with Crippen molar-refractivity contribution in [3.05, 3.63) is 51.4 Å². The first-order chi connectivity index (χ1) is 10.6. The highest BCUT2D eigenvalue weighted by Gasteiger charge is 2.25. The van der Waals surface area contributed by atoms with Crippen molar-refractivity contribution in [1.82, 2.24) is 9.78 Å². The second kappa shape index (κ2) is 5.14. The first-order valence-electron chi connectivity index (χ1n) is 7.32. The molecule has 0 bridgehead atoms. The van der Waals surface area contributed by atoms with Gasteiger partial charge in [0.1, 0.15) is 11.5 Å². The Morgan fingerprint density at radius 2 is 2.09 bits per heavy atom. The van der Waals surface area contributed by atoms with Crippen molar-refractivity contribution in [2.75, 3.05) is 11.9 Å². The van der Waals surface area contributed by atoms with Gasteiger partial charge >= 0.3 is 0 Å². The number of nitrogens with zero attached hydrogens (tertiary/aromatic N) is 2. The lowest BCUT2D eigenvalue weighted by Gasteiger charge is -2.10. The number of hydrogen-bond donors (Lipinski definition) is 1. The molecule has 0 atom stereocenters. The SMILES string of the molecule is Cc1ccc(-n2nc(-c3ccc(Cl)s3)c3c2NCC3)c(C)c1. The van der Waals surface area contributed by atoms with E-state index >= 15 is 0 Å². The Kier molecular flexibility index (Phi) is 3.24. The Morgan fingerprint density at radius 1 is 1.23 bits per heavy atom. The fraction of sp³-hybridized carbons (Fsp3) is 0.235. The van der Waals surface area contributed by atoms with Crippen LogP contribution in [0.3, 0.4) is 0 Å². The maximum Gasteiger partial charge on any atom is 0.133 e. The highest BCUT2D eigenvalue weighted by Crippen LogP contribution is 2.38. The van der Waals surface area contributed by atoms with Gasteiger partial charge in [0.05, 0.1) is 14.9 Å². The zero-order valence-corrected chi connectivity index (χ0v) is 14.1. The number of nitrogens with one attached hydrogen (secondary N) is 1. The van der Waals surface area contributed by atoms with Gasteiger partial charge in [0.2, 0.25) is 0 Å². The molecule has 0 amide bonds. The zero-order chi connectivity index (χ0) is 15.3. The van der Waals surface area contributed by atoms with Gasteiger partial charge in [-0.05, 0) is 44.0 Å². The van der Waals surface area contributed by atoms with Gasteiger partial charge in [-0.25, -0.2) is 4.68 Å². The summed E-state index contributed by atoms with van der Waals surface area (Å²) in [4.78, 5) is 1.13. The molecular weight excluding hydrogens is 314 g/mol. The molecule has 0 aliphatic carbocycles. The molecule has 1 N–H and O–H groups in total. The Morgan fingerprint density at radius 3 is 2.82 bits per heavy atom. The molecule has 1 aromatic carbocycles. The fourth-order valence-corrected chi connectivity index (χ4v) is 4.09. The Labute approximate surface area is 138 Å². The molecule has 22 heavy (non-hydrogen) atoms. The summed E-state index contributed by atoms with van der Waals surface area (Å²) in [5, 5.41) is 8.36. The number of benzene rings is 1. The molecule has 1 aliphatic rings. The van der Waals surface area contributed by atoms with Crippen LogP contribution in [0.2, 0.25) is 4.34 Å². The molecular formula is C17H16ClN3S. The minimum atomic E-state index is 0.802. The average Bonchev–Trinajstić information content (AvgIpc) is 3.15. The minimum Gasteiger partial charge on any atom is -0.369 e. The van der Waals surface area contributed by atoms with Crippen molar-refractivity contribution in [1.29, 1.82) is 0 Å². The van der Waals surface area contributed by atoms with E-state index in [1.165, 1.54) is 16.7 Å². The van der Waals surface area contributed by atoms with E-state index in [2.05, 4.69) is 43.4 Å². The number of thiophene rings is 1. The van der Waals surface area contributed by atoms with Crippen LogP contribution in [0.4, 0.5) is 5.82 Å². The minimum absolute atomic E-state index is 0.802. The van der Waals surface area contributed by atoms with Crippen LogP contribution in [0, 0.1) is 13.8 Å². The van der Waals surface area contributed by atoms with Gasteiger partial charge in [0, 0.05) is 12.1 Å².